The van der Waals surface area contributed by atoms with Crippen molar-refractivity contribution in [3.63, 3.8) is 0 Å². The molecule has 0 bridgehead atoms. The lowest BCUT2D eigenvalue weighted by molar-refractivity contribution is -0.384. The number of rotatable bonds is 6. The third-order valence-electron chi connectivity index (χ3n) is 7.43. The van der Waals surface area contributed by atoms with Crippen molar-refractivity contribution in [3.05, 3.63) is 94.5 Å². The van der Waals surface area contributed by atoms with Crippen molar-refractivity contribution in [3.8, 4) is 5.75 Å². The molecule has 8 heteroatoms. The molecule has 0 aromatic heterocycles. The maximum Gasteiger partial charge on any atom is 0.349 e. The minimum atomic E-state index is -0.434. The first kappa shape index (κ1) is 26.4. The van der Waals surface area contributed by atoms with Crippen LogP contribution in [0.25, 0.3) is 0 Å². The summed E-state index contributed by atoms with van der Waals surface area (Å²) in [4.78, 5) is 26.9. The Hall–Kier alpha value is -4.20. The van der Waals surface area contributed by atoms with Crippen LogP contribution in [0.2, 0.25) is 0 Å². The molecule has 0 N–H and O–H groups in total. The number of carbonyl (C=O) groups excluding carboxylic acids is 1. The van der Waals surface area contributed by atoms with Gasteiger partial charge in [-0.1, -0.05) is 81.3 Å². The highest BCUT2D eigenvalue weighted by molar-refractivity contribution is 6.13. The predicted octanol–water partition coefficient (Wildman–Crippen LogP) is 7.84. The molecule has 0 saturated heterocycles. The summed E-state index contributed by atoms with van der Waals surface area (Å²) in [6.45, 7) is 0.200. The zero-order valence-electron chi connectivity index (χ0n) is 22.1. The van der Waals surface area contributed by atoms with Crippen LogP contribution in [0.15, 0.2) is 84.0 Å². The number of hydrazone groups is 1. The number of para-hydroxylation sites is 2. The van der Waals surface area contributed by atoms with E-state index >= 15 is 0 Å². The highest BCUT2D eigenvalue weighted by Gasteiger charge is 2.35. The van der Waals surface area contributed by atoms with Crippen LogP contribution in [-0.2, 0) is 0 Å². The van der Waals surface area contributed by atoms with E-state index in [0.717, 1.165) is 49.8 Å². The Bertz CT molecular complexity index is 1300. The molecule has 2 amide bonds. The Morgan fingerprint density at radius 3 is 2.10 bits per heavy atom. The zero-order valence-corrected chi connectivity index (χ0v) is 22.1. The minimum absolute atomic E-state index is 0.0216. The SMILES string of the molecule is O=C1N(c2ccc([N+](=O)[O-])cc2)c2ccccc2C(COc2ccccc2)=NN1C1CCCCCCCCC1. The zero-order chi connectivity index (χ0) is 27.0. The van der Waals surface area contributed by atoms with Gasteiger partial charge in [0.2, 0.25) is 0 Å². The topological polar surface area (TPSA) is 88.3 Å². The van der Waals surface area contributed by atoms with Gasteiger partial charge in [-0.15, -0.1) is 0 Å². The Morgan fingerprint density at radius 1 is 0.821 bits per heavy atom. The highest BCUT2D eigenvalue weighted by atomic mass is 16.6. The van der Waals surface area contributed by atoms with Gasteiger partial charge in [0.05, 0.1) is 22.3 Å². The molecule has 1 fully saturated rings. The van der Waals surface area contributed by atoms with Crippen LogP contribution in [0.4, 0.5) is 21.9 Å². The molecule has 39 heavy (non-hydrogen) atoms. The summed E-state index contributed by atoms with van der Waals surface area (Å²) in [7, 11) is 0. The number of anilines is 2. The quantitative estimate of drug-likeness (QED) is 0.242. The van der Waals surface area contributed by atoms with E-state index in [1.54, 1.807) is 22.0 Å². The van der Waals surface area contributed by atoms with E-state index in [9.17, 15) is 14.9 Å². The van der Waals surface area contributed by atoms with Gasteiger partial charge in [0.15, 0.2) is 0 Å². The number of benzene rings is 3. The van der Waals surface area contributed by atoms with Crippen molar-refractivity contribution in [1.29, 1.82) is 0 Å². The van der Waals surface area contributed by atoms with Gasteiger partial charge in [-0.3, -0.25) is 15.0 Å². The highest BCUT2D eigenvalue weighted by Crippen LogP contribution is 2.36. The first-order chi connectivity index (χ1) is 19.1. The number of nitro benzene ring substituents is 1. The normalized spacial score (nSPS) is 17.1. The summed E-state index contributed by atoms with van der Waals surface area (Å²) in [5, 5.41) is 18.0. The lowest BCUT2D eigenvalue weighted by Gasteiger charge is -2.32. The van der Waals surface area contributed by atoms with Gasteiger partial charge in [0.1, 0.15) is 18.1 Å². The Labute approximate surface area is 229 Å². The minimum Gasteiger partial charge on any atom is -0.487 e. The molecule has 5 rings (SSSR count). The third kappa shape index (κ3) is 6.28. The number of fused-ring (bicyclic) bond motifs is 1. The van der Waals surface area contributed by atoms with Gasteiger partial charge >= 0.3 is 6.03 Å². The standard InChI is InChI=1S/C31H34N4O4/c36-31-33(24-19-21-26(22-20-24)35(37)38)30-18-12-11-17-28(30)29(23-39-27-15-9-6-10-16-27)32-34(31)25-13-7-4-2-1-3-5-8-14-25/h6,9-12,15-22,25H,1-5,7-8,13-14,23H2. The molecular weight excluding hydrogens is 492 g/mol. The number of urea groups is 1. The predicted molar refractivity (Wildman–Crippen MR) is 153 cm³/mol. The number of hydrogen-bond donors (Lipinski definition) is 0. The summed E-state index contributed by atoms with van der Waals surface area (Å²) in [6, 6.07) is 23.1. The largest absolute Gasteiger partial charge is 0.487 e. The van der Waals surface area contributed by atoms with Gasteiger partial charge in [0.25, 0.3) is 5.69 Å². The van der Waals surface area contributed by atoms with Crippen LogP contribution in [0, 0.1) is 10.1 Å². The average molecular weight is 527 g/mol. The number of nitrogens with zero attached hydrogens (tertiary/aromatic N) is 4. The molecule has 3 aromatic rings. The maximum absolute atomic E-state index is 14.4. The molecule has 1 heterocycles. The molecule has 0 unspecified atom stereocenters. The van der Waals surface area contributed by atoms with E-state index in [0.29, 0.717) is 17.1 Å². The van der Waals surface area contributed by atoms with Gasteiger partial charge < -0.3 is 4.74 Å². The Kier molecular flexibility index (Phi) is 8.51. The lowest BCUT2D eigenvalue weighted by atomic mass is 9.97. The van der Waals surface area contributed by atoms with Crippen molar-refractivity contribution >= 4 is 28.8 Å². The number of carbonyl (C=O) groups is 1. The first-order valence-corrected chi connectivity index (χ1v) is 13.8. The summed E-state index contributed by atoms with van der Waals surface area (Å²) >= 11 is 0. The van der Waals surface area contributed by atoms with Crippen LogP contribution in [0.3, 0.4) is 0 Å². The second-order valence-electron chi connectivity index (χ2n) is 10.1. The Balaban J connectivity index is 1.56. The van der Waals surface area contributed by atoms with Gasteiger partial charge in [-0.25, -0.2) is 9.80 Å². The smallest absolute Gasteiger partial charge is 0.349 e. The summed E-state index contributed by atoms with van der Waals surface area (Å²) < 4.78 is 6.13. The molecule has 2 aliphatic rings. The maximum atomic E-state index is 14.4. The molecule has 3 aromatic carbocycles. The summed E-state index contributed by atoms with van der Waals surface area (Å²) in [5.41, 5.74) is 2.68. The van der Waals surface area contributed by atoms with E-state index in [2.05, 4.69) is 0 Å². The summed E-state index contributed by atoms with van der Waals surface area (Å²) in [5.74, 6) is 0.728. The van der Waals surface area contributed by atoms with Crippen LogP contribution >= 0.6 is 0 Å². The van der Waals surface area contributed by atoms with Gasteiger partial charge in [-0.2, -0.15) is 5.10 Å². The van der Waals surface area contributed by atoms with E-state index in [4.69, 9.17) is 9.84 Å². The Morgan fingerprint density at radius 2 is 1.44 bits per heavy atom. The van der Waals surface area contributed by atoms with Crippen molar-refractivity contribution in [2.45, 2.75) is 63.8 Å². The second kappa shape index (κ2) is 12.6. The number of nitro groups is 1. The van der Waals surface area contributed by atoms with Crippen LogP contribution in [0.5, 0.6) is 5.75 Å². The fourth-order valence-corrected chi connectivity index (χ4v) is 5.36. The molecule has 1 saturated carbocycles. The number of ether oxygens (including phenoxy) is 1. The van der Waals surface area contributed by atoms with Crippen LogP contribution < -0.4 is 9.64 Å². The number of amides is 2. The molecule has 0 spiro atoms. The molecule has 8 nitrogen and oxygen atoms in total. The lowest BCUT2D eigenvalue weighted by Crippen LogP contribution is -2.43. The van der Waals surface area contributed by atoms with Crippen molar-refractivity contribution in [2.75, 3.05) is 11.5 Å². The number of hydrogen-bond acceptors (Lipinski definition) is 5. The van der Waals surface area contributed by atoms with Crippen LogP contribution in [-0.4, -0.2) is 34.3 Å². The van der Waals surface area contributed by atoms with Gasteiger partial charge in [0, 0.05) is 17.7 Å². The molecule has 1 aliphatic carbocycles. The van der Waals surface area contributed by atoms with Crippen LogP contribution in [0.1, 0.15) is 63.4 Å². The number of non-ortho nitro benzene ring substituents is 1. The van der Waals surface area contributed by atoms with E-state index in [1.807, 2.05) is 54.6 Å². The van der Waals surface area contributed by atoms with E-state index in [1.165, 1.54) is 31.4 Å². The third-order valence-corrected chi connectivity index (χ3v) is 7.43. The van der Waals surface area contributed by atoms with E-state index < -0.39 is 4.92 Å². The fraction of sp³-hybridized carbons (Fsp3) is 0.355. The second-order valence-corrected chi connectivity index (χ2v) is 10.1. The molecular formula is C31H34N4O4. The first-order valence-electron chi connectivity index (χ1n) is 13.8. The monoisotopic (exact) mass is 526 g/mol. The molecule has 0 radical (unpaired) electrons. The van der Waals surface area contributed by atoms with E-state index in [-0.39, 0.29) is 24.4 Å². The fourth-order valence-electron chi connectivity index (χ4n) is 5.36. The molecule has 0 atom stereocenters. The van der Waals surface area contributed by atoms with Gasteiger partial charge in [-0.05, 0) is 43.2 Å². The van der Waals surface area contributed by atoms with Crippen molar-refractivity contribution in [2.24, 2.45) is 5.10 Å². The average Bonchev–Trinajstić information content (AvgIpc) is 3.09. The summed E-state index contributed by atoms with van der Waals surface area (Å²) in [6.07, 6.45) is 9.88. The van der Waals surface area contributed by atoms with Crippen molar-refractivity contribution in [1.82, 2.24) is 5.01 Å². The molecule has 1 aliphatic heterocycles. The molecule has 202 valence electrons. The van der Waals surface area contributed by atoms with Crippen molar-refractivity contribution < 1.29 is 14.5 Å².